The lowest BCUT2D eigenvalue weighted by Crippen LogP contribution is -2.45. The zero-order chi connectivity index (χ0) is 35.7. The van der Waals surface area contributed by atoms with Crippen molar-refractivity contribution in [3.8, 4) is 5.75 Å². The Hall–Kier alpha value is -4.04. The van der Waals surface area contributed by atoms with Crippen molar-refractivity contribution in [2.75, 3.05) is 18.9 Å². The molecule has 3 aromatic rings. The van der Waals surface area contributed by atoms with Gasteiger partial charge in [0.25, 0.3) is 0 Å². The maximum atomic E-state index is 14.4. The fourth-order valence-corrected chi connectivity index (χ4v) is 7.13. The van der Waals surface area contributed by atoms with Crippen LogP contribution in [0, 0.1) is 5.92 Å². The van der Waals surface area contributed by atoms with Gasteiger partial charge in [-0.3, -0.25) is 18.9 Å². The average Bonchev–Trinajstić information content (AvgIpc) is 3.68. The number of aromatic nitrogens is 3. The molecule has 3 heterocycles. The zero-order valence-electron chi connectivity index (χ0n) is 28.7. The molecule has 266 valence electrons. The van der Waals surface area contributed by atoms with Gasteiger partial charge in [-0.1, -0.05) is 32.9 Å². The van der Waals surface area contributed by atoms with Gasteiger partial charge in [0.1, 0.15) is 35.3 Å². The number of hydrogen-bond acceptors (Lipinski definition) is 13. The number of anilines is 1. The maximum absolute atomic E-state index is 14.4. The fraction of sp³-hybridized carbons (Fsp3) is 0.545. The van der Waals surface area contributed by atoms with Crippen LogP contribution in [-0.4, -0.2) is 70.1 Å². The summed E-state index contributed by atoms with van der Waals surface area (Å²) in [5.74, 6) is -1.23. The van der Waals surface area contributed by atoms with Crippen molar-refractivity contribution in [2.45, 2.75) is 96.7 Å². The summed E-state index contributed by atoms with van der Waals surface area (Å²) in [5.41, 5.74) is 6.33. The zero-order valence-corrected chi connectivity index (χ0v) is 29.6. The van der Waals surface area contributed by atoms with E-state index in [0.717, 1.165) is 18.4 Å². The molecule has 3 N–H and O–H groups in total. The van der Waals surface area contributed by atoms with E-state index in [9.17, 15) is 18.9 Å². The number of rotatable bonds is 13. The normalized spacial score (nSPS) is 24.2. The number of nitrogens with zero attached hydrogens (tertiary/aromatic N) is 3. The monoisotopic (exact) mass is 701 g/mol. The van der Waals surface area contributed by atoms with Crippen molar-refractivity contribution in [1.29, 1.82) is 0 Å². The summed E-state index contributed by atoms with van der Waals surface area (Å²) in [6.07, 6.45) is -0.340. The molecule has 1 saturated carbocycles. The molecule has 49 heavy (non-hydrogen) atoms. The quantitative estimate of drug-likeness (QED) is 0.146. The first kappa shape index (κ1) is 36.2. The highest BCUT2D eigenvalue weighted by Gasteiger charge is 2.59. The number of benzene rings is 1. The van der Waals surface area contributed by atoms with E-state index < -0.39 is 62.2 Å². The van der Waals surface area contributed by atoms with E-state index >= 15 is 0 Å². The number of nitrogen functional groups attached to an aromatic ring is 1. The highest BCUT2D eigenvalue weighted by Crippen LogP contribution is 2.48. The summed E-state index contributed by atoms with van der Waals surface area (Å²) in [5, 5.41) is 6.98. The number of carbonyl (C=O) groups is 3. The molecule has 16 heteroatoms. The molecule has 5 rings (SSSR count). The molecule has 0 bridgehead atoms. The third-order valence-corrected chi connectivity index (χ3v) is 10.1. The van der Waals surface area contributed by atoms with E-state index in [1.165, 1.54) is 31.6 Å². The van der Waals surface area contributed by atoms with Gasteiger partial charge in [-0.2, -0.15) is 10.2 Å². The summed E-state index contributed by atoms with van der Waals surface area (Å²) in [6, 6.07) is 9.27. The minimum Gasteiger partial charge on any atom is -0.464 e. The molecule has 1 aliphatic heterocycles. The largest absolute Gasteiger partial charge is 0.464 e. The van der Waals surface area contributed by atoms with Crippen LogP contribution in [0.3, 0.4) is 0 Å². The molecule has 6 atom stereocenters. The summed E-state index contributed by atoms with van der Waals surface area (Å²) >= 11 is 0. The number of hydrogen-bond donors (Lipinski definition) is 2. The van der Waals surface area contributed by atoms with Crippen LogP contribution in [-0.2, 0) is 53.4 Å². The van der Waals surface area contributed by atoms with Crippen molar-refractivity contribution in [3.63, 3.8) is 0 Å². The number of fused-ring (bicyclic) bond motifs is 1. The van der Waals surface area contributed by atoms with E-state index in [1.807, 2.05) is 12.1 Å². The molecule has 0 amide bonds. The van der Waals surface area contributed by atoms with E-state index in [-0.39, 0.29) is 23.6 Å². The fourth-order valence-electron chi connectivity index (χ4n) is 5.62. The smallest absolute Gasteiger partial charge is 0.459 e. The van der Waals surface area contributed by atoms with Crippen LogP contribution in [0.2, 0.25) is 0 Å². The molecule has 2 aromatic heterocycles. The predicted octanol–water partition coefficient (Wildman–Crippen LogP) is 4.22. The number of ether oxygens (including phenoxy) is 4. The van der Waals surface area contributed by atoms with Crippen molar-refractivity contribution in [2.24, 2.45) is 5.92 Å². The third kappa shape index (κ3) is 8.41. The van der Waals surface area contributed by atoms with Crippen LogP contribution in [0.1, 0.15) is 72.6 Å². The van der Waals surface area contributed by atoms with E-state index in [1.54, 1.807) is 31.2 Å². The predicted molar refractivity (Wildman–Crippen MR) is 176 cm³/mol. The Morgan fingerprint density at radius 2 is 1.76 bits per heavy atom. The Balaban J connectivity index is 1.45. The van der Waals surface area contributed by atoms with Gasteiger partial charge in [-0.25, -0.2) is 14.1 Å². The molecule has 15 nitrogen and oxygen atoms in total. The van der Waals surface area contributed by atoms with Gasteiger partial charge in [0, 0.05) is 13.8 Å². The highest BCUT2D eigenvalue weighted by molar-refractivity contribution is 7.52. The molecular formula is C33H44N5O10P. The minimum atomic E-state index is -4.37. The first-order valence-electron chi connectivity index (χ1n) is 16.1. The lowest BCUT2D eigenvalue weighted by atomic mass is 9.87. The van der Waals surface area contributed by atoms with Gasteiger partial charge < -0.3 is 29.2 Å². The van der Waals surface area contributed by atoms with Crippen molar-refractivity contribution in [3.05, 3.63) is 54.0 Å². The van der Waals surface area contributed by atoms with Crippen LogP contribution in [0.4, 0.5) is 5.82 Å². The number of nitrogens with two attached hydrogens (primary N) is 1. The molecule has 0 spiro atoms. The van der Waals surface area contributed by atoms with Gasteiger partial charge in [0.05, 0.1) is 18.9 Å². The lowest BCUT2D eigenvalue weighted by Gasteiger charge is -2.30. The molecule has 1 aliphatic carbocycles. The summed E-state index contributed by atoms with van der Waals surface area (Å²) in [4.78, 5) is 41.6. The van der Waals surface area contributed by atoms with E-state index in [4.69, 9.17) is 33.7 Å². The van der Waals surface area contributed by atoms with Crippen molar-refractivity contribution < 1.29 is 46.9 Å². The Kier molecular flexibility index (Phi) is 10.4. The second-order valence-electron chi connectivity index (χ2n) is 13.6. The Labute approximate surface area is 284 Å². The third-order valence-electron chi connectivity index (χ3n) is 8.41. The molecule has 1 unspecified atom stereocenters. The van der Waals surface area contributed by atoms with Gasteiger partial charge >= 0.3 is 25.7 Å². The molecule has 0 radical (unpaired) electrons. The lowest BCUT2D eigenvalue weighted by molar-refractivity contribution is -0.168. The SMILES string of the molecule is CC(=O)O[C@H]1[C@@H](OC(C)=O)[C@](C)(c2ccc3c(N)ncnn23)O[C@@H]1COP(=O)(N[C@@H](C)C(=O)OCC1CC1)Oc1ccc(C(C)(C)C)cc1. The number of nitrogens with one attached hydrogen (secondary N) is 1. The van der Waals surface area contributed by atoms with Crippen LogP contribution in [0.15, 0.2) is 42.7 Å². The topological polar surface area (TPSA) is 192 Å². The van der Waals surface area contributed by atoms with Crippen LogP contribution in [0.5, 0.6) is 5.75 Å². The number of carbonyl (C=O) groups excluding carboxylic acids is 3. The van der Waals surface area contributed by atoms with Gasteiger partial charge in [0.2, 0.25) is 0 Å². The minimum absolute atomic E-state index is 0.142. The maximum Gasteiger partial charge on any atom is 0.459 e. The average molecular weight is 702 g/mol. The molecule has 2 aliphatic rings. The van der Waals surface area contributed by atoms with Crippen LogP contribution in [0.25, 0.3) is 5.52 Å². The molecule has 2 fully saturated rings. The van der Waals surface area contributed by atoms with Gasteiger partial charge in [-0.15, -0.1) is 0 Å². The summed E-state index contributed by atoms with van der Waals surface area (Å²) in [7, 11) is -4.37. The molecule has 1 saturated heterocycles. The highest BCUT2D eigenvalue weighted by atomic mass is 31.2. The first-order chi connectivity index (χ1) is 23.0. The molecular weight excluding hydrogens is 657 g/mol. The summed E-state index contributed by atoms with van der Waals surface area (Å²) in [6.45, 7) is 11.5. The second kappa shape index (κ2) is 14.1. The van der Waals surface area contributed by atoms with Gasteiger partial charge in [-0.05, 0) is 67.9 Å². The summed E-state index contributed by atoms with van der Waals surface area (Å²) < 4.78 is 51.1. The Morgan fingerprint density at radius 1 is 1.08 bits per heavy atom. The standard InChI is InChI=1S/C33H44N5O10P/c1-19(31(41)43-16-22-8-9-22)37-49(42,48-24-12-10-23(11-13-24)32(4,5)6)44-17-26-28(45-20(2)39)29(46-21(3)40)33(7,47-26)27-15-14-25-30(34)35-18-36-38(25)27/h10-15,18-19,22,26,28-29H,8-9,16-17H2,1-7H3,(H,37,42)(H2,34,35,36)/t19-,26+,28+,29+,33-,49?/m0/s1. The van der Waals surface area contributed by atoms with Crippen LogP contribution < -0.4 is 15.3 Å². The van der Waals surface area contributed by atoms with Crippen molar-refractivity contribution in [1.82, 2.24) is 19.7 Å². The van der Waals surface area contributed by atoms with Crippen molar-refractivity contribution >= 4 is 37.0 Å². The van der Waals surface area contributed by atoms with Crippen LogP contribution >= 0.6 is 7.75 Å². The Morgan fingerprint density at radius 3 is 2.37 bits per heavy atom. The van der Waals surface area contributed by atoms with E-state index in [2.05, 4.69) is 35.9 Å². The number of esters is 3. The Bertz CT molecular complexity index is 1740. The second-order valence-corrected chi connectivity index (χ2v) is 15.3. The van der Waals surface area contributed by atoms with Gasteiger partial charge in [0.15, 0.2) is 18.0 Å². The first-order valence-corrected chi connectivity index (χ1v) is 17.6. The van der Waals surface area contributed by atoms with E-state index in [0.29, 0.717) is 17.1 Å². The molecule has 1 aromatic carbocycles.